The number of nitrogens with one attached hydrogen (secondary N) is 1. The zero-order valence-electron chi connectivity index (χ0n) is 13.6. The van der Waals surface area contributed by atoms with Crippen LogP contribution in [0.4, 0.5) is 0 Å². The van der Waals surface area contributed by atoms with Crippen LogP contribution in [0.5, 0.6) is 0 Å². The Morgan fingerprint density at radius 3 is 2.80 bits per heavy atom. The van der Waals surface area contributed by atoms with E-state index in [1.165, 1.54) is 0 Å². The van der Waals surface area contributed by atoms with Gasteiger partial charge in [-0.25, -0.2) is 0 Å². The maximum Gasteiger partial charge on any atom is 0.0615 e. The van der Waals surface area contributed by atoms with Crippen LogP contribution in [-0.2, 0) is 14.2 Å². The van der Waals surface area contributed by atoms with Crippen LogP contribution in [0.15, 0.2) is 0 Å². The van der Waals surface area contributed by atoms with Gasteiger partial charge >= 0.3 is 0 Å². The van der Waals surface area contributed by atoms with Crippen molar-refractivity contribution in [3.63, 3.8) is 0 Å². The van der Waals surface area contributed by atoms with Gasteiger partial charge in [0, 0.05) is 51.9 Å². The SMILES string of the molecule is CCNC1CCOCC1CN(CCOC)C(C)COC. The van der Waals surface area contributed by atoms with Gasteiger partial charge in [-0.1, -0.05) is 6.92 Å². The van der Waals surface area contributed by atoms with Gasteiger partial charge in [0.1, 0.15) is 0 Å². The normalized spacial score (nSPS) is 25.1. The lowest BCUT2D eigenvalue weighted by molar-refractivity contribution is -0.00128. The Hall–Kier alpha value is -0.200. The van der Waals surface area contributed by atoms with Crippen molar-refractivity contribution in [2.45, 2.75) is 32.4 Å². The topological polar surface area (TPSA) is 43.0 Å². The minimum atomic E-state index is 0.402. The Morgan fingerprint density at radius 2 is 2.15 bits per heavy atom. The third-order valence-electron chi connectivity index (χ3n) is 4.02. The van der Waals surface area contributed by atoms with E-state index in [2.05, 4.69) is 24.1 Å². The van der Waals surface area contributed by atoms with E-state index in [1.807, 2.05) is 0 Å². The van der Waals surface area contributed by atoms with E-state index < -0.39 is 0 Å². The average molecular weight is 288 g/mol. The van der Waals surface area contributed by atoms with Gasteiger partial charge < -0.3 is 19.5 Å². The molecule has 3 unspecified atom stereocenters. The number of hydrogen-bond donors (Lipinski definition) is 1. The molecule has 0 aromatic heterocycles. The highest BCUT2D eigenvalue weighted by Gasteiger charge is 2.28. The Morgan fingerprint density at radius 1 is 1.35 bits per heavy atom. The summed E-state index contributed by atoms with van der Waals surface area (Å²) >= 11 is 0. The summed E-state index contributed by atoms with van der Waals surface area (Å²) in [4.78, 5) is 2.46. The van der Waals surface area contributed by atoms with Crippen molar-refractivity contribution in [1.82, 2.24) is 10.2 Å². The number of hydrogen-bond acceptors (Lipinski definition) is 5. The minimum absolute atomic E-state index is 0.402. The van der Waals surface area contributed by atoms with Gasteiger partial charge in [-0.3, -0.25) is 4.90 Å². The summed E-state index contributed by atoms with van der Waals surface area (Å²) in [7, 11) is 3.51. The molecule has 1 aliphatic rings. The molecule has 1 saturated heterocycles. The molecule has 0 amide bonds. The maximum atomic E-state index is 5.67. The Balaban J connectivity index is 2.55. The zero-order chi connectivity index (χ0) is 14.8. The smallest absolute Gasteiger partial charge is 0.0615 e. The maximum absolute atomic E-state index is 5.67. The second-order valence-electron chi connectivity index (χ2n) is 5.58. The molecule has 1 fully saturated rings. The monoisotopic (exact) mass is 288 g/mol. The number of rotatable bonds is 10. The molecule has 1 heterocycles. The first-order chi connectivity index (χ1) is 9.72. The van der Waals surface area contributed by atoms with Crippen LogP contribution in [0.3, 0.4) is 0 Å². The van der Waals surface area contributed by atoms with Crippen LogP contribution in [0.25, 0.3) is 0 Å². The summed E-state index contributed by atoms with van der Waals surface area (Å²) < 4.78 is 16.2. The van der Waals surface area contributed by atoms with Gasteiger partial charge in [0.2, 0.25) is 0 Å². The van der Waals surface area contributed by atoms with Gasteiger partial charge in [-0.2, -0.15) is 0 Å². The van der Waals surface area contributed by atoms with Gasteiger partial charge in [-0.05, 0) is 19.9 Å². The fourth-order valence-corrected chi connectivity index (χ4v) is 2.86. The van der Waals surface area contributed by atoms with Crippen LogP contribution in [0, 0.1) is 5.92 Å². The molecule has 0 aromatic rings. The van der Waals surface area contributed by atoms with Crippen molar-refractivity contribution >= 4 is 0 Å². The van der Waals surface area contributed by atoms with Crippen molar-refractivity contribution in [3.05, 3.63) is 0 Å². The first kappa shape index (κ1) is 17.9. The molecule has 1 rings (SSSR count). The molecule has 1 aliphatic heterocycles. The fraction of sp³-hybridized carbons (Fsp3) is 1.00. The predicted octanol–water partition coefficient (Wildman–Crippen LogP) is 0.984. The number of methoxy groups -OCH3 is 2. The fourth-order valence-electron chi connectivity index (χ4n) is 2.86. The van der Waals surface area contributed by atoms with E-state index in [-0.39, 0.29) is 0 Å². The molecule has 5 nitrogen and oxygen atoms in total. The summed E-state index contributed by atoms with van der Waals surface area (Å²) in [5, 5.41) is 3.60. The largest absolute Gasteiger partial charge is 0.383 e. The Bertz CT molecular complexity index is 239. The van der Waals surface area contributed by atoms with Gasteiger partial charge in [0.15, 0.2) is 0 Å². The highest BCUT2D eigenvalue weighted by Crippen LogP contribution is 2.17. The predicted molar refractivity (Wildman–Crippen MR) is 81.2 cm³/mol. The molecule has 0 radical (unpaired) electrons. The standard InChI is InChI=1S/C15H32N2O3/c1-5-16-15-6-8-20-12-14(15)10-17(7-9-18-3)13(2)11-19-4/h13-16H,5-12H2,1-4H3. The average Bonchev–Trinajstić information content (AvgIpc) is 2.45. The van der Waals surface area contributed by atoms with Crippen molar-refractivity contribution in [2.24, 2.45) is 5.92 Å². The molecule has 3 atom stereocenters. The molecule has 0 aromatic carbocycles. The molecule has 0 aliphatic carbocycles. The number of nitrogens with zero attached hydrogens (tertiary/aromatic N) is 1. The van der Waals surface area contributed by atoms with Crippen LogP contribution in [0.2, 0.25) is 0 Å². The van der Waals surface area contributed by atoms with Gasteiger partial charge in [0.05, 0.1) is 19.8 Å². The summed E-state index contributed by atoms with van der Waals surface area (Å²) in [5.74, 6) is 0.542. The summed E-state index contributed by atoms with van der Waals surface area (Å²) in [6.07, 6.45) is 1.11. The summed E-state index contributed by atoms with van der Waals surface area (Å²) in [6, 6.07) is 0.966. The van der Waals surface area contributed by atoms with Crippen LogP contribution in [-0.4, -0.2) is 77.3 Å². The van der Waals surface area contributed by atoms with E-state index >= 15 is 0 Å². The third-order valence-corrected chi connectivity index (χ3v) is 4.02. The molecular weight excluding hydrogens is 256 g/mol. The van der Waals surface area contributed by atoms with Gasteiger partial charge in [0.25, 0.3) is 0 Å². The highest BCUT2D eigenvalue weighted by atomic mass is 16.5. The first-order valence-electron chi connectivity index (χ1n) is 7.75. The lowest BCUT2D eigenvalue weighted by Crippen LogP contribution is -2.50. The molecule has 0 spiro atoms. The van der Waals surface area contributed by atoms with E-state index in [9.17, 15) is 0 Å². The van der Waals surface area contributed by atoms with E-state index in [1.54, 1.807) is 14.2 Å². The summed E-state index contributed by atoms with van der Waals surface area (Å²) in [5.41, 5.74) is 0. The van der Waals surface area contributed by atoms with Crippen LogP contribution < -0.4 is 5.32 Å². The zero-order valence-corrected chi connectivity index (χ0v) is 13.6. The second-order valence-corrected chi connectivity index (χ2v) is 5.58. The molecule has 0 saturated carbocycles. The molecule has 20 heavy (non-hydrogen) atoms. The Kier molecular flexibility index (Phi) is 9.39. The number of ether oxygens (including phenoxy) is 3. The molecular formula is C15H32N2O3. The van der Waals surface area contributed by atoms with Crippen molar-refractivity contribution in [2.75, 3.05) is 60.3 Å². The third kappa shape index (κ3) is 6.06. The van der Waals surface area contributed by atoms with E-state index in [0.717, 1.165) is 52.5 Å². The molecule has 0 bridgehead atoms. The lowest BCUT2D eigenvalue weighted by Gasteiger charge is -2.38. The van der Waals surface area contributed by atoms with Crippen LogP contribution in [0.1, 0.15) is 20.3 Å². The lowest BCUT2D eigenvalue weighted by atomic mass is 9.94. The molecule has 1 N–H and O–H groups in total. The minimum Gasteiger partial charge on any atom is -0.383 e. The van der Waals surface area contributed by atoms with Gasteiger partial charge in [-0.15, -0.1) is 0 Å². The van der Waals surface area contributed by atoms with Crippen molar-refractivity contribution < 1.29 is 14.2 Å². The van der Waals surface area contributed by atoms with Crippen molar-refractivity contribution in [1.29, 1.82) is 0 Å². The molecule has 5 heteroatoms. The first-order valence-corrected chi connectivity index (χ1v) is 7.75. The quantitative estimate of drug-likeness (QED) is 0.649. The Labute approximate surface area is 123 Å². The summed E-state index contributed by atoms with van der Waals surface area (Å²) in [6.45, 7) is 10.6. The van der Waals surface area contributed by atoms with Crippen molar-refractivity contribution in [3.8, 4) is 0 Å². The van der Waals surface area contributed by atoms with E-state index in [0.29, 0.717) is 18.0 Å². The second kappa shape index (κ2) is 10.5. The highest BCUT2D eigenvalue weighted by molar-refractivity contribution is 4.83. The van der Waals surface area contributed by atoms with Crippen LogP contribution >= 0.6 is 0 Å². The van der Waals surface area contributed by atoms with E-state index in [4.69, 9.17) is 14.2 Å². The molecule has 120 valence electrons.